The van der Waals surface area contributed by atoms with Crippen molar-refractivity contribution in [1.29, 1.82) is 0 Å². The first-order chi connectivity index (χ1) is 10.6. The number of benzene rings is 1. The molecule has 1 aromatic heterocycles. The number of pyridine rings is 1. The van der Waals surface area contributed by atoms with E-state index in [1.54, 1.807) is 6.20 Å². The van der Waals surface area contributed by atoms with E-state index in [1.165, 1.54) is 0 Å². The number of aliphatic hydroxyl groups is 1. The molecule has 4 rings (SSSR count). The Balaban J connectivity index is 1.66. The molecule has 116 valence electrons. The monoisotopic (exact) mass is 315 g/mol. The summed E-state index contributed by atoms with van der Waals surface area (Å²) in [7, 11) is -0.743. The standard InChI is InChI=1S/C18H21NO2S/c20-18(11-15-7-2-8-16(12-18)22(15)21)10-14-5-1-4-13-6-3-9-19-17(13)14/h1,3-6,9,15-16,20H,2,7-8,10-12H2. The van der Waals surface area contributed by atoms with Gasteiger partial charge in [0.15, 0.2) is 0 Å². The normalized spacial score (nSPS) is 34.7. The van der Waals surface area contributed by atoms with Gasteiger partial charge >= 0.3 is 0 Å². The second kappa shape index (κ2) is 5.43. The lowest BCUT2D eigenvalue weighted by atomic mass is 9.81. The zero-order valence-corrected chi connectivity index (χ0v) is 13.4. The third-order valence-corrected chi connectivity index (χ3v) is 7.28. The van der Waals surface area contributed by atoms with Gasteiger partial charge in [0, 0.05) is 39.3 Å². The van der Waals surface area contributed by atoms with E-state index >= 15 is 0 Å². The molecule has 2 atom stereocenters. The summed E-state index contributed by atoms with van der Waals surface area (Å²) in [5.74, 6) is 0. The average molecular weight is 315 g/mol. The number of rotatable bonds is 2. The largest absolute Gasteiger partial charge is 0.389 e. The van der Waals surface area contributed by atoms with Crippen LogP contribution in [0.4, 0.5) is 0 Å². The van der Waals surface area contributed by atoms with Crippen molar-refractivity contribution < 1.29 is 9.32 Å². The first-order valence-electron chi connectivity index (χ1n) is 8.09. The third kappa shape index (κ3) is 2.48. The lowest BCUT2D eigenvalue weighted by molar-refractivity contribution is 0.0117. The molecule has 4 heteroatoms. The lowest BCUT2D eigenvalue weighted by Crippen LogP contribution is -2.50. The molecule has 0 aliphatic carbocycles. The maximum absolute atomic E-state index is 12.3. The van der Waals surface area contributed by atoms with E-state index in [9.17, 15) is 9.32 Å². The summed E-state index contributed by atoms with van der Waals surface area (Å²) >= 11 is 0. The highest BCUT2D eigenvalue weighted by atomic mass is 32.2. The fraction of sp³-hybridized carbons (Fsp3) is 0.500. The van der Waals surface area contributed by atoms with Gasteiger partial charge in [-0.2, -0.15) is 0 Å². The van der Waals surface area contributed by atoms with Gasteiger partial charge < -0.3 is 5.11 Å². The molecule has 3 heterocycles. The van der Waals surface area contributed by atoms with Crippen LogP contribution >= 0.6 is 0 Å². The van der Waals surface area contributed by atoms with Crippen molar-refractivity contribution >= 4 is 21.7 Å². The smallest absolute Gasteiger partial charge is 0.0734 e. The fourth-order valence-electron chi connectivity index (χ4n) is 4.19. The van der Waals surface area contributed by atoms with Gasteiger partial charge in [0.25, 0.3) is 0 Å². The summed E-state index contributed by atoms with van der Waals surface area (Å²) < 4.78 is 12.3. The Hall–Kier alpha value is -1.26. The van der Waals surface area contributed by atoms with Crippen molar-refractivity contribution in [3.63, 3.8) is 0 Å². The van der Waals surface area contributed by atoms with Gasteiger partial charge in [0.2, 0.25) is 0 Å². The van der Waals surface area contributed by atoms with Crippen molar-refractivity contribution in [3.05, 3.63) is 42.1 Å². The van der Waals surface area contributed by atoms with Crippen LogP contribution in [0.25, 0.3) is 10.9 Å². The van der Waals surface area contributed by atoms with Gasteiger partial charge in [-0.05, 0) is 37.3 Å². The van der Waals surface area contributed by atoms with Crippen LogP contribution in [-0.2, 0) is 17.2 Å². The van der Waals surface area contributed by atoms with E-state index in [4.69, 9.17) is 0 Å². The molecule has 2 saturated heterocycles. The molecule has 0 spiro atoms. The van der Waals surface area contributed by atoms with Crippen LogP contribution in [0, 0.1) is 0 Å². The highest BCUT2D eigenvalue weighted by molar-refractivity contribution is 7.86. The van der Waals surface area contributed by atoms with E-state index in [-0.39, 0.29) is 10.5 Å². The Kier molecular flexibility index (Phi) is 3.54. The van der Waals surface area contributed by atoms with Gasteiger partial charge in [-0.25, -0.2) is 0 Å². The molecular weight excluding hydrogens is 294 g/mol. The van der Waals surface area contributed by atoms with Crippen LogP contribution in [0.15, 0.2) is 36.5 Å². The predicted molar refractivity (Wildman–Crippen MR) is 89.2 cm³/mol. The molecule has 0 saturated carbocycles. The minimum Gasteiger partial charge on any atom is -0.389 e. The van der Waals surface area contributed by atoms with Gasteiger partial charge in [0.05, 0.1) is 11.1 Å². The average Bonchev–Trinajstić information content (AvgIpc) is 2.50. The second-order valence-electron chi connectivity index (χ2n) is 6.81. The van der Waals surface area contributed by atoms with Crippen LogP contribution < -0.4 is 0 Å². The summed E-state index contributed by atoms with van der Waals surface area (Å²) in [6.45, 7) is 0. The van der Waals surface area contributed by atoms with Crippen molar-refractivity contribution in [2.24, 2.45) is 0 Å². The molecular formula is C18H21NO2S. The van der Waals surface area contributed by atoms with Crippen molar-refractivity contribution in [1.82, 2.24) is 4.98 Å². The maximum Gasteiger partial charge on any atom is 0.0734 e. The van der Waals surface area contributed by atoms with Crippen LogP contribution in [0.2, 0.25) is 0 Å². The van der Waals surface area contributed by atoms with E-state index in [2.05, 4.69) is 23.2 Å². The number of aromatic nitrogens is 1. The zero-order valence-electron chi connectivity index (χ0n) is 12.6. The van der Waals surface area contributed by atoms with Crippen molar-refractivity contribution in [2.45, 2.75) is 54.6 Å². The minimum atomic E-state index is -0.743. The van der Waals surface area contributed by atoms with Crippen LogP contribution in [0.5, 0.6) is 0 Å². The molecule has 2 aliphatic rings. The first-order valence-corrected chi connectivity index (χ1v) is 9.37. The molecule has 3 nitrogen and oxygen atoms in total. The van der Waals surface area contributed by atoms with Gasteiger partial charge in [0.1, 0.15) is 0 Å². The molecule has 2 unspecified atom stereocenters. The van der Waals surface area contributed by atoms with E-state index in [1.807, 2.05) is 12.1 Å². The van der Waals surface area contributed by atoms with E-state index < -0.39 is 16.4 Å². The molecule has 2 aromatic rings. The Labute approximate surface area is 133 Å². The topological polar surface area (TPSA) is 50.2 Å². The number of fused-ring (bicyclic) bond motifs is 3. The Morgan fingerprint density at radius 1 is 1.18 bits per heavy atom. The molecule has 1 aromatic carbocycles. The molecule has 2 aliphatic heterocycles. The SMILES string of the molecule is O=S1C2CCCC1CC(O)(Cc1cccc3cccnc13)C2. The molecule has 1 N–H and O–H groups in total. The Morgan fingerprint density at radius 2 is 1.91 bits per heavy atom. The summed E-state index contributed by atoms with van der Waals surface area (Å²) in [5, 5.41) is 12.6. The quantitative estimate of drug-likeness (QED) is 0.927. The number of para-hydroxylation sites is 1. The number of nitrogens with zero attached hydrogens (tertiary/aromatic N) is 1. The van der Waals surface area contributed by atoms with Gasteiger partial charge in [-0.15, -0.1) is 0 Å². The minimum absolute atomic E-state index is 0.181. The Bertz CT molecular complexity index is 709. The van der Waals surface area contributed by atoms with Crippen molar-refractivity contribution in [3.8, 4) is 0 Å². The fourth-order valence-corrected chi connectivity index (χ4v) is 6.48. The Morgan fingerprint density at radius 3 is 2.68 bits per heavy atom. The molecule has 0 amide bonds. The highest BCUT2D eigenvalue weighted by Gasteiger charge is 2.45. The van der Waals surface area contributed by atoms with Crippen molar-refractivity contribution in [2.75, 3.05) is 0 Å². The van der Waals surface area contributed by atoms with Gasteiger partial charge in [-0.3, -0.25) is 9.19 Å². The molecule has 2 fully saturated rings. The summed E-state index contributed by atoms with van der Waals surface area (Å²) in [4.78, 5) is 4.49. The lowest BCUT2D eigenvalue weighted by Gasteiger charge is -2.43. The zero-order chi connectivity index (χ0) is 15.2. The predicted octanol–water partition coefficient (Wildman–Crippen LogP) is 2.97. The van der Waals surface area contributed by atoms with E-state index in [0.717, 1.165) is 35.7 Å². The number of hydrogen-bond acceptors (Lipinski definition) is 3. The van der Waals surface area contributed by atoms with Gasteiger partial charge in [-0.1, -0.05) is 30.7 Å². The summed E-state index contributed by atoms with van der Waals surface area (Å²) in [5.41, 5.74) is 1.36. The van der Waals surface area contributed by atoms with E-state index in [0.29, 0.717) is 19.3 Å². The first kappa shape index (κ1) is 14.3. The van der Waals surface area contributed by atoms with Crippen LogP contribution in [-0.4, -0.2) is 30.4 Å². The molecule has 22 heavy (non-hydrogen) atoms. The summed E-state index contributed by atoms with van der Waals surface area (Å²) in [6, 6.07) is 10.1. The maximum atomic E-state index is 12.3. The van der Waals surface area contributed by atoms with Crippen LogP contribution in [0.1, 0.15) is 37.7 Å². The summed E-state index contributed by atoms with van der Waals surface area (Å²) in [6.07, 6.45) is 6.91. The highest BCUT2D eigenvalue weighted by Crippen LogP contribution is 2.41. The van der Waals surface area contributed by atoms with Crippen LogP contribution in [0.3, 0.4) is 0 Å². The molecule has 0 radical (unpaired) electrons. The number of hydrogen-bond donors (Lipinski definition) is 1. The molecule has 2 bridgehead atoms. The second-order valence-corrected chi connectivity index (χ2v) is 8.80. The third-order valence-electron chi connectivity index (χ3n) is 5.16.